The van der Waals surface area contributed by atoms with Gasteiger partial charge in [-0.1, -0.05) is 38.5 Å². The van der Waals surface area contributed by atoms with Crippen molar-refractivity contribution in [3.8, 4) is 0 Å². The lowest BCUT2D eigenvalue weighted by molar-refractivity contribution is -0.144. The van der Waals surface area contributed by atoms with E-state index in [2.05, 4.69) is 30.2 Å². The summed E-state index contributed by atoms with van der Waals surface area (Å²) in [5, 5.41) is 4.44. The quantitative estimate of drug-likeness (QED) is 0.830. The number of para-hydroxylation sites is 1. The van der Waals surface area contributed by atoms with E-state index in [0.717, 1.165) is 22.9 Å². The molecular weight excluding hydrogens is 264 g/mol. The third-order valence-corrected chi connectivity index (χ3v) is 3.92. The van der Waals surface area contributed by atoms with Gasteiger partial charge >= 0.3 is 5.97 Å². The number of esters is 1. The SMILES string of the molecule is CCC(C)C(NCc1ccnc2ccccc12)C(=O)OC. The van der Waals surface area contributed by atoms with Crippen LogP contribution in [0.4, 0.5) is 0 Å². The van der Waals surface area contributed by atoms with E-state index < -0.39 is 0 Å². The van der Waals surface area contributed by atoms with Crippen molar-refractivity contribution in [3.63, 3.8) is 0 Å². The molecule has 2 rings (SSSR count). The molecule has 0 spiro atoms. The van der Waals surface area contributed by atoms with Gasteiger partial charge in [-0.15, -0.1) is 0 Å². The maximum Gasteiger partial charge on any atom is 0.323 e. The molecular formula is C17H22N2O2. The van der Waals surface area contributed by atoms with Crippen LogP contribution in [0.25, 0.3) is 10.9 Å². The summed E-state index contributed by atoms with van der Waals surface area (Å²) in [7, 11) is 1.43. The number of carbonyl (C=O) groups excluding carboxylic acids is 1. The molecule has 0 radical (unpaired) electrons. The molecule has 2 unspecified atom stereocenters. The Morgan fingerprint density at radius 2 is 2.10 bits per heavy atom. The Balaban J connectivity index is 2.17. The van der Waals surface area contributed by atoms with Crippen molar-refractivity contribution >= 4 is 16.9 Å². The molecule has 2 aromatic rings. The fourth-order valence-corrected chi connectivity index (χ4v) is 2.41. The molecule has 0 aliphatic carbocycles. The molecule has 0 fully saturated rings. The van der Waals surface area contributed by atoms with E-state index in [9.17, 15) is 4.79 Å². The summed E-state index contributed by atoms with van der Waals surface area (Å²) in [6.07, 6.45) is 2.72. The Kier molecular flexibility index (Phi) is 5.28. The molecule has 4 nitrogen and oxygen atoms in total. The van der Waals surface area contributed by atoms with E-state index in [4.69, 9.17) is 4.74 Å². The number of carbonyl (C=O) groups is 1. The zero-order valence-electron chi connectivity index (χ0n) is 12.8. The minimum Gasteiger partial charge on any atom is -0.468 e. The molecule has 1 aromatic heterocycles. The van der Waals surface area contributed by atoms with Gasteiger partial charge in [0.05, 0.1) is 12.6 Å². The zero-order chi connectivity index (χ0) is 15.2. The number of nitrogens with one attached hydrogen (secondary N) is 1. The maximum absolute atomic E-state index is 11.9. The predicted octanol–water partition coefficient (Wildman–Crippen LogP) is 2.91. The highest BCUT2D eigenvalue weighted by atomic mass is 16.5. The summed E-state index contributed by atoms with van der Waals surface area (Å²) in [6, 6.07) is 9.72. The number of hydrogen-bond donors (Lipinski definition) is 1. The number of rotatable bonds is 6. The first kappa shape index (κ1) is 15.4. The normalized spacial score (nSPS) is 13.9. The minimum absolute atomic E-state index is 0.206. The molecule has 21 heavy (non-hydrogen) atoms. The number of nitrogens with zero attached hydrogens (tertiary/aromatic N) is 1. The summed E-state index contributed by atoms with van der Waals surface area (Å²) in [5.74, 6) is 0.0215. The molecule has 1 aromatic carbocycles. The molecule has 0 aliphatic rings. The van der Waals surface area contributed by atoms with Gasteiger partial charge in [0.25, 0.3) is 0 Å². The third-order valence-electron chi connectivity index (χ3n) is 3.92. The largest absolute Gasteiger partial charge is 0.468 e. The Morgan fingerprint density at radius 1 is 1.33 bits per heavy atom. The summed E-state index contributed by atoms with van der Waals surface area (Å²) in [6.45, 7) is 4.75. The second-order valence-electron chi connectivity index (χ2n) is 5.25. The van der Waals surface area contributed by atoms with E-state index in [1.807, 2.05) is 24.3 Å². The predicted molar refractivity (Wildman–Crippen MR) is 83.8 cm³/mol. The lowest BCUT2D eigenvalue weighted by Gasteiger charge is -2.22. The van der Waals surface area contributed by atoms with Crippen LogP contribution in [0.2, 0.25) is 0 Å². The molecule has 2 atom stereocenters. The van der Waals surface area contributed by atoms with Crippen molar-refractivity contribution in [2.24, 2.45) is 5.92 Å². The highest BCUT2D eigenvalue weighted by Crippen LogP contribution is 2.17. The first-order valence-electron chi connectivity index (χ1n) is 7.31. The number of fused-ring (bicyclic) bond motifs is 1. The van der Waals surface area contributed by atoms with Gasteiger partial charge in [-0.2, -0.15) is 0 Å². The number of benzene rings is 1. The fraction of sp³-hybridized carbons (Fsp3) is 0.412. The van der Waals surface area contributed by atoms with Gasteiger partial charge in [0.2, 0.25) is 0 Å². The van der Waals surface area contributed by atoms with E-state index in [0.29, 0.717) is 6.54 Å². The first-order chi connectivity index (χ1) is 10.2. The van der Waals surface area contributed by atoms with E-state index >= 15 is 0 Å². The molecule has 0 saturated heterocycles. The van der Waals surface area contributed by atoms with Gasteiger partial charge < -0.3 is 10.1 Å². The van der Waals surface area contributed by atoms with Crippen molar-refractivity contribution in [2.45, 2.75) is 32.9 Å². The van der Waals surface area contributed by atoms with E-state index in [-0.39, 0.29) is 17.9 Å². The fourth-order valence-electron chi connectivity index (χ4n) is 2.41. The number of ether oxygens (including phenoxy) is 1. The number of methoxy groups -OCH3 is 1. The molecule has 0 amide bonds. The van der Waals surface area contributed by atoms with Gasteiger partial charge in [0.15, 0.2) is 0 Å². The summed E-state index contributed by atoms with van der Waals surface area (Å²) in [5.41, 5.74) is 2.10. The second kappa shape index (κ2) is 7.18. The molecule has 4 heteroatoms. The van der Waals surface area contributed by atoms with Crippen LogP contribution < -0.4 is 5.32 Å². The highest BCUT2D eigenvalue weighted by molar-refractivity contribution is 5.82. The summed E-state index contributed by atoms with van der Waals surface area (Å²) in [4.78, 5) is 16.3. The lowest BCUT2D eigenvalue weighted by atomic mass is 9.98. The average molecular weight is 286 g/mol. The molecule has 0 aliphatic heterocycles. The standard InChI is InChI=1S/C17H22N2O2/c1-4-12(2)16(17(20)21-3)19-11-13-9-10-18-15-8-6-5-7-14(13)15/h5-10,12,16,19H,4,11H2,1-3H3. The van der Waals surface area contributed by atoms with Gasteiger partial charge in [-0.3, -0.25) is 9.78 Å². The third kappa shape index (κ3) is 3.58. The van der Waals surface area contributed by atoms with Crippen LogP contribution in [-0.2, 0) is 16.1 Å². The highest BCUT2D eigenvalue weighted by Gasteiger charge is 2.24. The first-order valence-corrected chi connectivity index (χ1v) is 7.31. The smallest absolute Gasteiger partial charge is 0.323 e. The van der Waals surface area contributed by atoms with E-state index in [1.54, 1.807) is 6.20 Å². The molecule has 0 bridgehead atoms. The summed E-state index contributed by atoms with van der Waals surface area (Å²) < 4.78 is 4.90. The van der Waals surface area contributed by atoms with Crippen molar-refractivity contribution in [3.05, 3.63) is 42.1 Å². The van der Waals surface area contributed by atoms with Crippen LogP contribution in [0, 0.1) is 5.92 Å². The topological polar surface area (TPSA) is 51.2 Å². The Hall–Kier alpha value is -1.94. The van der Waals surface area contributed by atoms with Crippen LogP contribution in [0.3, 0.4) is 0 Å². The zero-order valence-corrected chi connectivity index (χ0v) is 12.8. The molecule has 0 saturated carbocycles. The van der Waals surface area contributed by atoms with Crippen LogP contribution in [0.5, 0.6) is 0 Å². The number of aromatic nitrogens is 1. The molecule has 112 valence electrons. The lowest BCUT2D eigenvalue weighted by Crippen LogP contribution is -2.42. The minimum atomic E-state index is -0.285. The van der Waals surface area contributed by atoms with Crippen LogP contribution in [-0.4, -0.2) is 24.1 Å². The Bertz CT molecular complexity index is 607. The van der Waals surface area contributed by atoms with Crippen molar-refractivity contribution in [1.29, 1.82) is 0 Å². The van der Waals surface area contributed by atoms with Crippen LogP contribution in [0.1, 0.15) is 25.8 Å². The Labute approximate surface area is 125 Å². The maximum atomic E-state index is 11.9. The number of hydrogen-bond acceptors (Lipinski definition) is 4. The average Bonchev–Trinajstić information content (AvgIpc) is 2.54. The van der Waals surface area contributed by atoms with Gasteiger partial charge in [-0.05, 0) is 23.6 Å². The second-order valence-corrected chi connectivity index (χ2v) is 5.25. The monoisotopic (exact) mass is 286 g/mol. The summed E-state index contributed by atoms with van der Waals surface area (Å²) >= 11 is 0. The van der Waals surface area contributed by atoms with Crippen molar-refractivity contribution < 1.29 is 9.53 Å². The van der Waals surface area contributed by atoms with Crippen molar-refractivity contribution in [2.75, 3.05) is 7.11 Å². The van der Waals surface area contributed by atoms with E-state index in [1.165, 1.54) is 7.11 Å². The van der Waals surface area contributed by atoms with Crippen LogP contribution >= 0.6 is 0 Å². The number of pyridine rings is 1. The van der Waals surface area contributed by atoms with Gasteiger partial charge in [-0.25, -0.2) is 0 Å². The van der Waals surface area contributed by atoms with Gasteiger partial charge in [0.1, 0.15) is 6.04 Å². The molecule has 1 heterocycles. The van der Waals surface area contributed by atoms with Gasteiger partial charge in [0, 0.05) is 18.1 Å². The molecule has 1 N–H and O–H groups in total. The Morgan fingerprint density at radius 3 is 2.81 bits per heavy atom. The van der Waals surface area contributed by atoms with Crippen molar-refractivity contribution in [1.82, 2.24) is 10.3 Å². The van der Waals surface area contributed by atoms with Crippen LogP contribution in [0.15, 0.2) is 36.5 Å².